The third-order valence-corrected chi connectivity index (χ3v) is 3.22. The van der Waals surface area contributed by atoms with Crippen molar-refractivity contribution in [1.82, 2.24) is 9.78 Å². The van der Waals surface area contributed by atoms with E-state index in [1.165, 1.54) is 0 Å². The highest BCUT2D eigenvalue weighted by Gasteiger charge is 2.11. The molecule has 3 nitrogen and oxygen atoms in total. The van der Waals surface area contributed by atoms with Crippen molar-refractivity contribution in [1.29, 1.82) is 0 Å². The molecule has 0 aliphatic rings. The van der Waals surface area contributed by atoms with Crippen LogP contribution in [0.4, 0.5) is 0 Å². The Hall–Kier alpha value is -1.13. The molecular weight excluding hydrogens is 220 g/mol. The van der Waals surface area contributed by atoms with Crippen LogP contribution in [0.3, 0.4) is 0 Å². The maximum Gasteiger partial charge on any atom is 0.0854 e. The summed E-state index contributed by atoms with van der Waals surface area (Å²) in [5.74, 6) is 0. The van der Waals surface area contributed by atoms with E-state index in [1.54, 1.807) is 11.3 Å². The van der Waals surface area contributed by atoms with Crippen LogP contribution >= 0.6 is 11.3 Å². The third kappa shape index (κ3) is 2.51. The Balaban J connectivity index is 2.03. The van der Waals surface area contributed by atoms with E-state index >= 15 is 0 Å². The number of nitrogens with zero attached hydrogens (tertiary/aromatic N) is 2. The summed E-state index contributed by atoms with van der Waals surface area (Å²) in [5, 5.41) is 18.3. The lowest BCUT2D eigenvalue weighted by atomic mass is 10.1. The van der Waals surface area contributed by atoms with E-state index in [0.29, 0.717) is 12.5 Å². The van der Waals surface area contributed by atoms with Crippen molar-refractivity contribution in [3.8, 4) is 0 Å². The Labute approximate surface area is 99.4 Å². The average Bonchev–Trinajstić information content (AvgIpc) is 2.87. The van der Waals surface area contributed by atoms with Gasteiger partial charge in [-0.2, -0.15) is 16.4 Å². The Kier molecular flexibility index (Phi) is 3.41. The van der Waals surface area contributed by atoms with Gasteiger partial charge in [0.25, 0.3) is 0 Å². The molecule has 0 bridgehead atoms. The molecule has 1 atom stereocenters. The van der Waals surface area contributed by atoms with E-state index in [2.05, 4.69) is 18.9 Å². The predicted molar refractivity (Wildman–Crippen MR) is 65.6 cm³/mol. The van der Waals surface area contributed by atoms with Crippen LogP contribution < -0.4 is 0 Å². The summed E-state index contributed by atoms with van der Waals surface area (Å²) in [6.07, 6.45) is 2.10. The van der Waals surface area contributed by atoms with Crippen molar-refractivity contribution in [2.75, 3.05) is 0 Å². The van der Waals surface area contributed by atoms with Crippen LogP contribution in [0.5, 0.6) is 0 Å². The van der Waals surface area contributed by atoms with Crippen molar-refractivity contribution in [2.45, 2.75) is 32.4 Å². The van der Waals surface area contributed by atoms with Crippen LogP contribution in [-0.2, 0) is 6.42 Å². The van der Waals surface area contributed by atoms with Crippen LogP contribution in [-0.4, -0.2) is 14.9 Å². The Morgan fingerprint density at radius 3 is 2.81 bits per heavy atom. The molecule has 16 heavy (non-hydrogen) atoms. The van der Waals surface area contributed by atoms with Crippen molar-refractivity contribution in [3.63, 3.8) is 0 Å². The van der Waals surface area contributed by atoms with E-state index in [-0.39, 0.29) is 0 Å². The van der Waals surface area contributed by atoms with Crippen LogP contribution in [0.15, 0.2) is 29.1 Å². The number of aliphatic hydroxyl groups is 1. The second-order valence-corrected chi connectivity index (χ2v) is 4.94. The summed E-state index contributed by atoms with van der Waals surface area (Å²) in [6, 6.07) is 4.29. The zero-order valence-corrected chi connectivity index (χ0v) is 10.3. The normalized spacial score (nSPS) is 13.2. The molecule has 4 heteroatoms. The molecule has 2 rings (SSSR count). The van der Waals surface area contributed by atoms with E-state index in [1.807, 2.05) is 33.8 Å². The highest BCUT2D eigenvalue weighted by atomic mass is 32.1. The zero-order chi connectivity index (χ0) is 11.5. The van der Waals surface area contributed by atoms with Gasteiger partial charge in [-0.3, -0.25) is 4.68 Å². The first-order valence-corrected chi connectivity index (χ1v) is 6.35. The molecular formula is C12H16N2OS. The van der Waals surface area contributed by atoms with Gasteiger partial charge in [-0.05, 0) is 42.3 Å². The molecule has 2 heterocycles. The molecule has 0 aliphatic heterocycles. The highest BCUT2D eigenvalue weighted by molar-refractivity contribution is 7.07. The summed E-state index contributed by atoms with van der Waals surface area (Å²) in [4.78, 5) is 0. The standard InChI is InChI=1S/C12H16N2OS/c1-9(2)14-5-3-11(13-14)7-12(15)10-4-6-16-8-10/h3-6,8-9,12,15H,7H2,1-2H3. The molecule has 0 spiro atoms. The fraction of sp³-hybridized carbons (Fsp3) is 0.417. The molecule has 0 fully saturated rings. The third-order valence-electron chi connectivity index (χ3n) is 2.52. The number of aliphatic hydroxyl groups excluding tert-OH is 1. The zero-order valence-electron chi connectivity index (χ0n) is 9.50. The molecule has 86 valence electrons. The lowest BCUT2D eigenvalue weighted by molar-refractivity contribution is 0.177. The van der Waals surface area contributed by atoms with Crippen molar-refractivity contribution in [3.05, 3.63) is 40.3 Å². The van der Waals surface area contributed by atoms with E-state index in [9.17, 15) is 5.11 Å². The summed E-state index contributed by atoms with van der Waals surface area (Å²) >= 11 is 1.60. The summed E-state index contributed by atoms with van der Waals surface area (Å²) in [5.41, 5.74) is 1.91. The van der Waals surface area contributed by atoms with E-state index in [4.69, 9.17) is 0 Å². The van der Waals surface area contributed by atoms with Crippen LogP contribution in [0, 0.1) is 0 Å². The van der Waals surface area contributed by atoms with Crippen molar-refractivity contribution in [2.24, 2.45) is 0 Å². The number of aromatic nitrogens is 2. The maximum absolute atomic E-state index is 9.97. The van der Waals surface area contributed by atoms with Crippen LogP contribution in [0.25, 0.3) is 0 Å². The van der Waals surface area contributed by atoms with Crippen LogP contribution in [0.2, 0.25) is 0 Å². The van der Waals surface area contributed by atoms with Gasteiger partial charge < -0.3 is 5.11 Å². The first-order chi connectivity index (χ1) is 7.66. The second-order valence-electron chi connectivity index (χ2n) is 4.16. The van der Waals surface area contributed by atoms with E-state index < -0.39 is 6.10 Å². The predicted octanol–water partition coefficient (Wildman–Crippen LogP) is 2.80. The monoisotopic (exact) mass is 236 g/mol. The van der Waals surface area contributed by atoms with E-state index in [0.717, 1.165) is 11.3 Å². The number of hydrogen-bond acceptors (Lipinski definition) is 3. The Bertz CT molecular complexity index is 434. The lowest BCUT2D eigenvalue weighted by Gasteiger charge is -2.07. The van der Waals surface area contributed by atoms with Crippen LogP contribution in [0.1, 0.15) is 37.3 Å². The fourth-order valence-electron chi connectivity index (χ4n) is 1.55. The molecule has 0 saturated carbocycles. The second kappa shape index (κ2) is 4.80. The molecule has 0 aromatic carbocycles. The topological polar surface area (TPSA) is 38.0 Å². The Morgan fingerprint density at radius 1 is 1.44 bits per heavy atom. The minimum Gasteiger partial charge on any atom is -0.388 e. The smallest absolute Gasteiger partial charge is 0.0854 e. The summed E-state index contributed by atoms with van der Waals surface area (Å²) < 4.78 is 1.91. The summed E-state index contributed by atoms with van der Waals surface area (Å²) in [6.45, 7) is 4.18. The molecule has 0 radical (unpaired) electrons. The molecule has 2 aromatic rings. The van der Waals surface area contributed by atoms with Crippen molar-refractivity contribution >= 4 is 11.3 Å². The minimum absolute atomic E-state index is 0.368. The quantitative estimate of drug-likeness (QED) is 0.886. The molecule has 0 aliphatic carbocycles. The Morgan fingerprint density at radius 2 is 2.25 bits per heavy atom. The largest absolute Gasteiger partial charge is 0.388 e. The SMILES string of the molecule is CC(C)n1ccc(CC(O)c2ccsc2)n1. The van der Waals surface area contributed by atoms with Gasteiger partial charge >= 0.3 is 0 Å². The van der Waals surface area contributed by atoms with Gasteiger partial charge in [-0.15, -0.1) is 0 Å². The van der Waals surface area contributed by atoms with Crippen molar-refractivity contribution < 1.29 is 5.11 Å². The number of rotatable bonds is 4. The maximum atomic E-state index is 9.97. The van der Waals surface area contributed by atoms with Gasteiger partial charge in [0.05, 0.1) is 11.8 Å². The van der Waals surface area contributed by atoms with Gasteiger partial charge in [0.15, 0.2) is 0 Å². The molecule has 1 unspecified atom stereocenters. The average molecular weight is 236 g/mol. The van der Waals surface area contributed by atoms with Gasteiger partial charge in [0.1, 0.15) is 0 Å². The molecule has 0 amide bonds. The first-order valence-electron chi connectivity index (χ1n) is 5.41. The first kappa shape index (κ1) is 11.4. The molecule has 1 N–H and O–H groups in total. The molecule has 2 aromatic heterocycles. The van der Waals surface area contributed by atoms with Gasteiger partial charge in [-0.1, -0.05) is 0 Å². The molecule has 0 saturated heterocycles. The number of thiophene rings is 1. The minimum atomic E-state index is -0.443. The lowest BCUT2D eigenvalue weighted by Crippen LogP contribution is -2.04. The van der Waals surface area contributed by atoms with Gasteiger partial charge in [0, 0.05) is 18.7 Å². The van der Waals surface area contributed by atoms with Gasteiger partial charge in [-0.25, -0.2) is 0 Å². The fourth-order valence-corrected chi connectivity index (χ4v) is 2.26. The highest BCUT2D eigenvalue weighted by Crippen LogP contribution is 2.20. The summed E-state index contributed by atoms with van der Waals surface area (Å²) in [7, 11) is 0. The van der Waals surface area contributed by atoms with Gasteiger partial charge in [0.2, 0.25) is 0 Å². The number of hydrogen-bond donors (Lipinski definition) is 1.